The van der Waals surface area contributed by atoms with Crippen LogP contribution in [-0.4, -0.2) is 31.5 Å². The lowest BCUT2D eigenvalue weighted by Gasteiger charge is -2.23. The summed E-state index contributed by atoms with van der Waals surface area (Å²) in [4.78, 5) is 21.8. The number of nitrogens with zero attached hydrogens (tertiary/aromatic N) is 1. The van der Waals surface area contributed by atoms with E-state index in [-0.39, 0.29) is 11.0 Å². The van der Waals surface area contributed by atoms with Crippen molar-refractivity contribution in [2.75, 3.05) is 11.1 Å². The normalized spacial score (nSPS) is 15.0. The van der Waals surface area contributed by atoms with Crippen molar-refractivity contribution in [2.24, 2.45) is 0 Å². The molecule has 2 unspecified atom stereocenters. The lowest BCUT2D eigenvalue weighted by Crippen LogP contribution is -2.44. The van der Waals surface area contributed by atoms with Crippen molar-refractivity contribution in [1.82, 2.24) is 0 Å². The van der Waals surface area contributed by atoms with Gasteiger partial charge in [-0.3, -0.25) is 19.1 Å². The topological polar surface area (TPSA) is 110 Å². The number of aliphatic hydroxyl groups is 1. The molecule has 7 nitrogen and oxygen atoms in total. The first-order valence-electron chi connectivity index (χ1n) is 8.47. The van der Waals surface area contributed by atoms with Gasteiger partial charge < -0.3 is 10.4 Å². The van der Waals surface area contributed by atoms with Crippen molar-refractivity contribution in [3.8, 4) is 0 Å². The second kappa shape index (κ2) is 8.86. The molecule has 0 aliphatic rings. The monoisotopic (exact) mass is 484 g/mol. The Labute approximate surface area is 178 Å². The highest BCUT2D eigenvalue weighted by Gasteiger charge is 2.38. The second-order valence-corrected chi connectivity index (χ2v) is 8.18. The quantitative estimate of drug-likeness (QED) is 0.364. The van der Waals surface area contributed by atoms with Gasteiger partial charge in [0.05, 0.1) is 38.3 Å². The van der Waals surface area contributed by atoms with Gasteiger partial charge in [-0.1, -0.05) is 0 Å². The van der Waals surface area contributed by atoms with Gasteiger partial charge >= 0.3 is 12.4 Å². The van der Waals surface area contributed by atoms with E-state index < -0.39 is 67.8 Å². The molecule has 2 aromatic carbocycles. The lowest BCUT2D eigenvalue weighted by atomic mass is 10.1. The number of anilines is 1. The summed E-state index contributed by atoms with van der Waals surface area (Å²) in [5.41, 5.74) is -6.82. The predicted octanol–water partition coefficient (Wildman–Crippen LogP) is 4.13. The third kappa shape index (κ3) is 6.03. The standard InChI is InChI=1S/C18H14F6N2O5S/c1-16(28,9-32(31)12-5-2-10(3-6-12)17(19,20)21)15(27)25-14-7-4-11(26(29)30)8-13(14)18(22,23)24/h2-8,28H,9H2,1H3,(H,25,27). The summed E-state index contributed by atoms with van der Waals surface area (Å²) >= 11 is 0. The summed E-state index contributed by atoms with van der Waals surface area (Å²) in [7, 11) is -2.19. The van der Waals surface area contributed by atoms with E-state index in [1.54, 1.807) is 5.32 Å². The smallest absolute Gasteiger partial charge is 0.379 e. The number of nitrogens with one attached hydrogen (secondary N) is 1. The molecule has 0 saturated carbocycles. The molecule has 174 valence electrons. The fraction of sp³-hybridized carbons (Fsp3) is 0.278. The van der Waals surface area contributed by atoms with Crippen LogP contribution in [-0.2, 0) is 27.9 Å². The first-order chi connectivity index (χ1) is 14.5. The molecular formula is C18H14F6N2O5S. The molecule has 14 heteroatoms. The Hall–Kier alpha value is -3.00. The minimum absolute atomic E-state index is 0.155. The third-order valence-corrected chi connectivity index (χ3v) is 5.74. The fourth-order valence-corrected chi connectivity index (χ4v) is 3.69. The highest BCUT2D eigenvalue weighted by atomic mass is 32.2. The number of amides is 1. The molecule has 0 aromatic heterocycles. The maximum absolute atomic E-state index is 13.2. The van der Waals surface area contributed by atoms with Gasteiger partial charge in [-0.2, -0.15) is 26.3 Å². The molecule has 2 atom stereocenters. The van der Waals surface area contributed by atoms with E-state index in [1.165, 1.54) is 0 Å². The molecule has 2 rings (SSSR count). The molecule has 32 heavy (non-hydrogen) atoms. The highest BCUT2D eigenvalue weighted by molar-refractivity contribution is 7.85. The molecule has 0 radical (unpaired) electrons. The molecule has 0 saturated heterocycles. The van der Waals surface area contributed by atoms with Crippen LogP contribution in [0.15, 0.2) is 47.4 Å². The molecule has 0 heterocycles. The molecule has 0 aliphatic heterocycles. The summed E-state index contributed by atoms with van der Waals surface area (Å²) in [6.07, 6.45) is -9.71. The Balaban J connectivity index is 2.22. The van der Waals surface area contributed by atoms with Crippen molar-refractivity contribution in [1.29, 1.82) is 0 Å². The van der Waals surface area contributed by atoms with E-state index in [0.29, 0.717) is 24.3 Å². The minimum Gasteiger partial charge on any atom is -0.379 e. The molecule has 0 aliphatic carbocycles. The average molecular weight is 484 g/mol. The summed E-state index contributed by atoms with van der Waals surface area (Å²) in [5, 5.41) is 22.8. The molecule has 0 bridgehead atoms. The number of carbonyl (C=O) groups is 1. The van der Waals surface area contributed by atoms with Crippen molar-refractivity contribution < 1.29 is 45.4 Å². The van der Waals surface area contributed by atoms with E-state index >= 15 is 0 Å². The first kappa shape index (κ1) is 25.3. The van der Waals surface area contributed by atoms with Crippen LogP contribution < -0.4 is 5.32 Å². The van der Waals surface area contributed by atoms with Crippen molar-refractivity contribution in [3.63, 3.8) is 0 Å². The minimum atomic E-state index is -5.08. The Morgan fingerprint density at radius 2 is 1.62 bits per heavy atom. The molecule has 2 N–H and O–H groups in total. The van der Waals surface area contributed by atoms with Crippen LogP contribution in [0.2, 0.25) is 0 Å². The van der Waals surface area contributed by atoms with Gasteiger partial charge in [0.2, 0.25) is 0 Å². The number of hydrogen-bond acceptors (Lipinski definition) is 5. The molecule has 0 fully saturated rings. The molecule has 2 aromatic rings. The van der Waals surface area contributed by atoms with Crippen LogP contribution >= 0.6 is 0 Å². The Morgan fingerprint density at radius 3 is 2.09 bits per heavy atom. The van der Waals surface area contributed by atoms with Crippen LogP contribution in [0.4, 0.5) is 37.7 Å². The molecule has 0 spiro atoms. The van der Waals surface area contributed by atoms with Gasteiger partial charge in [0.1, 0.15) is 0 Å². The Morgan fingerprint density at radius 1 is 1.06 bits per heavy atom. The Kier molecular flexibility index (Phi) is 6.99. The molecular weight excluding hydrogens is 470 g/mol. The van der Waals surface area contributed by atoms with Gasteiger partial charge in [0, 0.05) is 17.0 Å². The van der Waals surface area contributed by atoms with Crippen LogP contribution in [0.1, 0.15) is 18.1 Å². The first-order valence-corrected chi connectivity index (χ1v) is 9.79. The van der Waals surface area contributed by atoms with Crippen molar-refractivity contribution in [2.45, 2.75) is 29.8 Å². The number of benzene rings is 2. The SMILES string of the molecule is CC(O)(CS(=O)c1ccc(C(F)(F)F)cc1)C(=O)Nc1ccc([N+](=O)[O-])cc1C(F)(F)F. The van der Waals surface area contributed by atoms with Gasteiger partial charge in [-0.05, 0) is 37.3 Å². The number of alkyl halides is 6. The van der Waals surface area contributed by atoms with E-state index in [0.717, 1.165) is 19.1 Å². The summed E-state index contributed by atoms with van der Waals surface area (Å²) in [6.45, 7) is 0.850. The van der Waals surface area contributed by atoms with Crippen molar-refractivity contribution >= 4 is 28.1 Å². The van der Waals surface area contributed by atoms with Gasteiger partial charge in [0.15, 0.2) is 5.60 Å². The van der Waals surface area contributed by atoms with Gasteiger partial charge in [0.25, 0.3) is 11.6 Å². The molecule has 1 amide bonds. The fourth-order valence-electron chi connectivity index (χ4n) is 2.45. The number of nitro benzene ring substituents is 1. The maximum Gasteiger partial charge on any atom is 0.418 e. The van der Waals surface area contributed by atoms with E-state index in [4.69, 9.17) is 0 Å². The number of hydrogen-bond donors (Lipinski definition) is 2. The van der Waals surface area contributed by atoms with Crippen molar-refractivity contribution in [3.05, 3.63) is 63.7 Å². The zero-order valence-corrected chi connectivity index (χ0v) is 16.8. The highest BCUT2D eigenvalue weighted by Crippen LogP contribution is 2.37. The van der Waals surface area contributed by atoms with Crippen LogP contribution in [0.5, 0.6) is 0 Å². The second-order valence-electron chi connectivity index (χ2n) is 6.72. The zero-order chi connectivity index (χ0) is 24.5. The Bertz CT molecular complexity index is 1050. The zero-order valence-electron chi connectivity index (χ0n) is 16.0. The maximum atomic E-state index is 13.2. The number of nitro groups is 1. The average Bonchev–Trinajstić information content (AvgIpc) is 2.66. The summed E-state index contributed by atoms with van der Waals surface area (Å²) in [6, 6.07) is 4.59. The summed E-state index contributed by atoms with van der Waals surface area (Å²) in [5.74, 6) is -2.25. The van der Waals surface area contributed by atoms with Gasteiger partial charge in [-0.25, -0.2) is 0 Å². The van der Waals surface area contributed by atoms with E-state index in [2.05, 4.69) is 0 Å². The van der Waals surface area contributed by atoms with Crippen LogP contribution in [0.25, 0.3) is 0 Å². The van der Waals surface area contributed by atoms with Crippen LogP contribution in [0, 0.1) is 10.1 Å². The lowest BCUT2D eigenvalue weighted by molar-refractivity contribution is -0.385. The van der Waals surface area contributed by atoms with E-state index in [1.807, 2.05) is 0 Å². The third-order valence-electron chi connectivity index (χ3n) is 4.11. The van der Waals surface area contributed by atoms with E-state index in [9.17, 15) is 50.6 Å². The number of rotatable bonds is 6. The van der Waals surface area contributed by atoms with Gasteiger partial charge in [-0.15, -0.1) is 0 Å². The number of halogens is 6. The number of non-ortho nitro benzene ring substituents is 1. The predicted molar refractivity (Wildman–Crippen MR) is 100 cm³/mol. The summed E-state index contributed by atoms with van der Waals surface area (Å²) < 4.78 is 89.8. The van der Waals surface area contributed by atoms with Crippen LogP contribution in [0.3, 0.4) is 0 Å². The number of carbonyl (C=O) groups excluding carboxylic acids is 1. The largest absolute Gasteiger partial charge is 0.418 e.